The van der Waals surface area contributed by atoms with Crippen LogP contribution in [0.2, 0.25) is 0 Å². The number of methoxy groups -OCH3 is 1. The Morgan fingerprint density at radius 1 is 1.05 bits per heavy atom. The van der Waals surface area contributed by atoms with Crippen molar-refractivity contribution < 1.29 is 4.74 Å². The standard InChI is InChI=1S/C17H18Br2O/c1-10-8-13(9-11(2)17(10)20-4)16(19)14-6-5-7-15(18)12(14)3/h5-9,16H,1-4H3. The summed E-state index contributed by atoms with van der Waals surface area (Å²) in [5.41, 5.74) is 6.13. The van der Waals surface area contributed by atoms with Crippen LogP contribution in [0.25, 0.3) is 0 Å². The number of benzene rings is 2. The van der Waals surface area contributed by atoms with E-state index in [2.05, 4.69) is 83.0 Å². The van der Waals surface area contributed by atoms with Gasteiger partial charge in [-0.1, -0.05) is 56.1 Å². The summed E-state index contributed by atoms with van der Waals surface area (Å²) >= 11 is 7.43. The maximum Gasteiger partial charge on any atom is 0.124 e. The minimum absolute atomic E-state index is 0.184. The minimum atomic E-state index is 0.184. The molecule has 0 aliphatic rings. The van der Waals surface area contributed by atoms with Crippen LogP contribution in [0.15, 0.2) is 34.8 Å². The van der Waals surface area contributed by atoms with E-state index in [4.69, 9.17) is 4.74 Å². The van der Waals surface area contributed by atoms with Crippen molar-refractivity contribution in [1.82, 2.24) is 0 Å². The second-order valence-electron chi connectivity index (χ2n) is 5.00. The minimum Gasteiger partial charge on any atom is -0.496 e. The van der Waals surface area contributed by atoms with Gasteiger partial charge in [0, 0.05) is 4.47 Å². The molecule has 20 heavy (non-hydrogen) atoms. The number of rotatable bonds is 3. The molecule has 106 valence electrons. The van der Waals surface area contributed by atoms with Gasteiger partial charge in [-0.2, -0.15) is 0 Å². The molecule has 0 aromatic heterocycles. The number of hydrogen-bond donors (Lipinski definition) is 0. The lowest BCUT2D eigenvalue weighted by atomic mass is 9.97. The average Bonchev–Trinajstić information content (AvgIpc) is 2.41. The first-order valence-electron chi connectivity index (χ1n) is 6.50. The van der Waals surface area contributed by atoms with E-state index in [9.17, 15) is 0 Å². The van der Waals surface area contributed by atoms with E-state index in [1.807, 2.05) is 0 Å². The highest BCUT2D eigenvalue weighted by molar-refractivity contribution is 9.10. The summed E-state index contributed by atoms with van der Waals surface area (Å²) < 4.78 is 6.58. The summed E-state index contributed by atoms with van der Waals surface area (Å²) in [6.45, 7) is 6.31. The van der Waals surface area contributed by atoms with Crippen molar-refractivity contribution in [3.05, 3.63) is 62.6 Å². The molecule has 0 N–H and O–H groups in total. The molecule has 0 saturated carbocycles. The van der Waals surface area contributed by atoms with Crippen LogP contribution in [-0.4, -0.2) is 7.11 Å². The van der Waals surface area contributed by atoms with Gasteiger partial charge >= 0.3 is 0 Å². The van der Waals surface area contributed by atoms with Gasteiger partial charge in [-0.05, 0) is 54.7 Å². The number of halogens is 2. The summed E-state index contributed by atoms with van der Waals surface area (Å²) in [5, 5.41) is 0. The summed E-state index contributed by atoms with van der Waals surface area (Å²) in [6.07, 6.45) is 0. The van der Waals surface area contributed by atoms with Gasteiger partial charge in [-0.15, -0.1) is 0 Å². The number of aryl methyl sites for hydroxylation is 2. The summed E-state index contributed by atoms with van der Waals surface area (Å²) in [4.78, 5) is 0.184. The fraction of sp³-hybridized carbons (Fsp3) is 0.294. The maximum absolute atomic E-state index is 5.44. The van der Waals surface area contributed by atoms with Crippen LogP contribution in [0.1, 0.15) is 32.6 Å². The van der Waals surface area contributed by atoms with Crippen LogP contribution in [-0.2, 0) is 0 Å². The first-order chi connectivity index (χ1) is 9.45. The lowest BCUT2D eigenvalue weighted by Gasteiger charge is -2.18. The fourth-order valence-corrected chi connectivity index (χ4v) is 3.67. The summed E-state index contributed by atoms with van der Waals surface area (Å²) in [5.74, 6) is 0.972. The quantitative estimate of drug-likeness (QED) is 0.588. The molecule has 0 amide bonds. The van der Waals surface area contributed by atoms with Crippen molar-refractivity contribution in [3.63, 3.8) is 0 Å². The van der Waals surface area contributed by atoms with Crippen LogP contribution < -0.4 is 4.74 Å². The van der Waals surface area contributed by atoms with Crippen molar-refractivity contribution in [3.8, 4) is 5.75 Å². The highest BCUT2D eigenvalue weighted by atomic mass is 79.9. The fourth-order valence-electron chi connectivity index (χ4n) is 2.53. The molecule has 1 nitrogen and oxygen atoms in total. The number of hydrogen-bond acceptors (Lipinski definition) is 1. The first-order valence-corrected chi connectivity index (χ1v) is 8.20. The predicted octanol–water partition coefficient (Wildman–Crippen LogP) is 5.87. The van der Waals surface area contributed by atoms with Gasteiger partial charge in [-0.3, -0.25) is 0 Å². The molecule has 1 unspecified atom stereocenters. The highest BCUT2D eigenvalue weighted by Gasteiger charge is 2.16. The smallest absolute Gasteiger partial charge is 0.124 e. The van der Waals surface area contributed by atoms with Crippen LogP contribution in [0, 0.1) is 20.8 Å². The first kappa shape index (κ1) is 15.6. The molecule has 0 spiro atoms. The third-order valence-electron chi connectivity index (χ3n) is 3.56. The lowest BCUT2D eigenvalue weighted by Crippen LogP contribution is -1.99. The number of alkyl halides is 1. The molecule has 2 aromatic rings. The van der Waals surface area contributed by atoms with Crippen molar-refractivity contribution >= 4 is 31.9 Å². The summed E-state index contributed by atoms with van der Waals surface area (Å²) in [7, 11) is 1.72. The van der Waals surface area contributed by atoms with Gasteiger partial charge in [0.15, 0.2) is 0 Å². The Morgan fingerprint density at radius 2 is 1.65 bits per heavy atom. The molecule has 2 aromatic carbocycles. The van der Waals surface area contributed by atoms with Crippen molar-refractivity contribution in [1.29, 1.82) is 0 Å². The second kappa shape index (κ2) is 6.31. The lowest BCUT2D eigenvalue weighted by molar-refractivity contribution is 0.408. The van der Waals surface area contributed by atoms with Crippen molar-refractivity contribution in [2.24, 2.45) is 0 Å². The Morgan fingerprint density at radius 3 is 2.20 bits per heavy atom. The van der Waals surface area contributed by atoms with E-state index in [1.54, 1.807) is 7.11 Å². The van der Waals surface area contributed by atoms with E-state index in [0.29, 0.717) is 0 Å². The van der Waals surface area contributed by atoms with Crippen LogP contribution in [0.5, 0.6) is 5.75 Å². The van der Waals surface area contributed by atoms with Crippen LogP contribution in [0.4, 0.5) is 0 Å². The van der Waals surface area contributed by atoms with Gasteiger partial charge in [-0.25, -0.2) is 0 Å². The zero-order valence-corrected chi connectivity index (χ0v) is 15.3. The van der Waals surface area contributed by atoms with Gasteiger partial charge < -0.3 is 4.74 Å². The van der Waals surface area contributed by atoms with Crippen molar-refractivity contribution in [2.75, 3.05) is 7.11 Å². The van der Waals surface area contributed by atoms with E-state index in [0.717, 1.165) is 10.2 Å². The monoisotopic (exact) mass is 396 g/mol. The Balaban J connectivity index is 2.49. The van der Waals surface area contributed by atoms with Crippen molar-refractivity contribution in [2.45, 2.75) is 25.6 Å². The topological polar surface area (TPSA) is 9.23 Å². The van der Waals surface area contributed by atoms with Crippen LogP contribution >= 0.6 is 31.9 Å². The largest absolute Gasteiger partial charge is 0.496 e. The van der Waals surface area contributed by atoms with Crippen LogP contribution in [0.3, 0.4) is 0 Å². The van der Waals surface area contributed by atoms with Gasteiger partial charge in [0.1, 0.15) is 5.75 Å². The number of ether oxygens (including phenoxy) is 1. The molecule has 3 heteroatoms. The molecular formula is C17H18Br2O. The molecule has 0 bridgehead atoms. The molecule has 0 heterocycles. The zero-order valence-electron chi connectivity index (χ0n) is 12.1. The molecule has 0 aliphatic carbocycles. The zero-order chi connectivity index (χ0) is 14.9. The predicted molar refractivity (Wildman–Crippen MR) is 92.1 cm³/mol. The summed E-state index contributed by atoms with van der Waals surface area (Å²) in [6, 6.07) is 10.7. The second-order valence-corrected chi connectivity index (χ2v) is 6.77. The Hall–Kier alpha value is -0.800. The normalized spacial score (nSPS) is 12.3. The Labute approximate surface area is 137 Å². The highest BCUT2D eigenvalue weighted by Crippen LogP contribution is 2.37. The molecule has 0 radical (unpaired) electrons. The Kier molecular flexibility index (Phi) is 4.92. The van der Waals surface area contributed by atoms with E-state index >= 15 is 0 Å². The third-order valence-corrected chi connectivity index (χ3v) is 5.44. The maximum atomic E-state index is 5.44. The van der Waals surface area contributed by atoms with E-state index in [1.165, 1.54) is 27.8 Å². The Bertz CT molecular complexity index is 612. The van der Waals surface area contributed by atoms with E-state index < -0.39 is 0 Å². The van der Waals surface area contributed by atoms with Gasteiger partial charge in [0.05, 0.1) is 11.9 Å². The molecular weight excluding hydrogens is 380 g/mol. The SMILES string of the molecule is COc1c(C)cc(C(Br)c2cccc(Br)c2C)cc1C. The van der Waals surface area contributed by atoms with Gasteiger partial charge in [0.2, 0.25) is 0 Å². The molecule has 0 saturated heterocycles. The average molecular weight is 398 g/mol. The third kappa shape index (κ3) is 2.94. The molecule has 0 fully saturated rings. The van der Waals surface area contributed by atoms with E-state index in [-0.39, 0.29) is 4.83 Å². The molecule has 2 rings (SSSR count). The molecule has 0 aliphatic heterocycles. The molecule has 1 atom stereocenters. The van der Waals surface area contributed by atoms with Gasteiger partial charge in [0.25, 0.3) is 0 Å².